The molecule has 2 unspecified atom stereocenters. The lowest BCUT2D eigenvalue weighted by Gasteiger charge is -2.28. The van der Waals surface area contributed by atoms with E-state index in [1.54, 1.807) is 0 Å². The molecule has 256 valence electrons. The molecule has 0 saturated heterocycles. The minimum absolute atomic E-state index is 0.0351. The molecule has 0 aliphatic rings. The van der Waals surface area contributed by atoms with Gasteiger partial charge in [0.05, 0.1) is 27.7 Å². The number of phosphoric ester groups is 1. The van der Waals surface area contributed by atoms with E-state index in [1.807, 2.05) is 21.1 Å². The third-order valence-electron chi connectivity index (χ3n) is 6.67. The average Bonchev–Trinajstić information content (AvgIpc) is 2.95. The molecule has 10 heteroatoms. The van der Waals surface area contributed by atoms with Crippen LogP contribution in [0.3, 0.4) is 0 Å². The van der Waals surface area contributed by atoms with Crippen molar-refractivity contribution >= 4 is 19.8 Å². The first-order valence-electron chi connectivity index (χ1n) is 16.7. The van der Waals surface area contributed by atoms with Crippen molar-refractivity contribution in [1.82, 2.24) is 0 Å². The number of hydrogen-bond acceptors (Lipinski definition) is 8. The second-order valence-corrected chi connectivity index (χ2v) is 13.6. The maximum absolute atomic E-state index is 12.5. The summed E-state index contributed by atoms with van der Waals surface area (Å²) in [6.07, 6.45) is 26.4. The van der Waals surface area contributed by atoms with Gasteiger partial charge in [0.1, 0.15) is 19.8 Å². The predicted molar refractivity (Wildman–Crippen MR) is 176 cm³/mol. The third-order valence-corrected chi connectivity index (χ3v) is 7.64. The summed E-state index contributed by atoms with van der Waals surface area (Å²) in [4.78, 5) is 36.9. The summed E-state index contributed by atoms with van der Waals surface area (Å²) in [6.45, 7) is 3.95. The molecule has 0 aromatic carbocycles. The lowest BCUT2D eigenvalue weighted by atomic mass is 10.1. The minimum atomic E-state index is -4.61. The zero-order chi connectivity index (χ0) is 32.9. The Balaban J connectivity index is 4.45. The second kappa shape index (κ2) is 27.5. The third kappa shape index (κ3) is 30.3. The largest absolute Gasteiger partial charge is 0.756 e. The molecule has 0 bridgehead atoms. The van der Waals surface area contributed by atoms with Gasteiger partial charge in [0, 0.05) is 12.8 Å². The molecule has 0 saturated carbocycles. The van der Waals surface area contributed by atoms with E-state index >= 15 is 0 Å². The van der Waals surface area contributed by atoms with Gasteiger partial charge in [-0.3, -0.25) is 14.2 Å². The van der Waals surface area contributed by atoms with Crippen LogP contribution in [0, 0.1) is 0 Å². The van der Waals surface area contributed by atoms with Crippen molar-refractivity contribution in [3.05, 3.63) is 36.5 Å². The Bertz CT molecular complexity index is 866. The highest BCUT2D eigenvalue weighted by Crippen LogP contribution is 2.38. The molecule has 0 aliphatic heterocycles. The fraction of sp³-hybridized carbons (Fsp3) is 0.765. The molecule has 0 aromatic rings. The molecular formula is C34H62NO8P. The summed E-state index contributed by atoms with van der Waals surface area (Å²) in [6, 6.07) is 0. The van der Waals surface area contributed by atoms with E-state index in [0.717, 1.165) is 83.5 Å². The highest BCUT2D eigenvalue weighted by Gasteiger charge is 2.21. The van der Waals surface area contributed by atoms with Crippen LogP contribution < -0.4 is 4.89 Å². The number of carbonyl (C=O) groups is 2. The van der Waals surface area contributed by atoms with Gasteiger partial charge in [-0.05, 0) is 44.9 Å². The molecule has 0 N–H and O–H groups in total. The van der Waals surface area contributed by atoms with E-state index in [4.69, 9.17) is 18.5 Å². The first-order valence-corrected chi connectivity index (χ1v) is 18.2. The molecule has 0 aromatic heterocycles. The van der Waals surface area contributed by atoms with Crippen LogP contribution >= 0.6 is 7.82 Å². The van der Waals surface area contributed by atoms with Gasteiger partial charge in [0.15, 0.2) is 6.10 Å². The van der Waals surface area contributed by atoms with Crippen LogP contribution in [0.15, 0.2) is 36.5 Å². The maximum atomic E-state index is 12.5. The molecule has 0 radical (unpaired) electrons. The molecule has 2 atom stereocenters. The fourth-order valence-corrected chi connectivity index (χ4v) is 4.75. The van der Waals surface area contributed by atoms with E-state index in [9.17, 15) is 19.0 Å². The monoisotopic (exact) mass is 643 g/mol. The number of unbranched alkanes of at least 4 members (excludes halogenated alkanes) is 9. The van der Waals surface area contributed by atoms with Crippen molar-refractivity contribution in [1.29, 1.82) is 0 Å². The molecule has 9 nitrogen and oxygen atoms in total. The van der Waals surface area contributed by atoms with Crippen LogP contribution in [0.4, 0.5) is 0 Å². The number of allylic oxidation sites excluding steroid dienone is 6. The van der Waals surface area contributed by atoms with Crippen molar-refractivity contribution in [2.24, 2.45) is 0 Å². The molecule has 0 rings (SSSR count). The predicted octanol–water partition coefficient (Wildman–Crippen LogP) is 7.60. The minimum Gasteiger partial charge on any atom is -0.756 e. The number of quaternary nitrogens is 1. The van der Waals surface area contributed by atoms with Gasteiger partial charge in [-0.2, -0.15) is 0 Å². The number of nitrogens with zero attached hydrogens (tertiary/aromatic N) is 1. The van der Waals surface area contributed by atoms with Gasteiger partial charge in [0.25, 0.3) is 7.82 Å². The van der Waals surface area contributed by atoms with Crippen molar-refractivity contribution < 1.29 is 42.1 Å². The van der Waals surface area contributed by atoms with Crippen molar-refractivity contribution in [3.63, 3.8) is 0 Å². The number of ether oxygens (including phenoxy) is 2. The van der Waals surface area contributed by atoms with Crippen LogP contribution in [-0.2, 0) is 32.7 Å². The fourth-order valence-electron chi connectivity index (χ4n) is 4.02. The molecule has 0 heterocycles. The zero-order valence-electron chi connectivity index (χ0n) is 28.3. The van der Waals surface area contributed by atoms with E-state index in [1.165, 1.54) is 0 Å². The Labute approximate surface area is 268 Å². The Morgan fingerprint density at radius 2 is 1.30 bits per heavy atom. The summed E-state index contributed by atoms with van der Waals surface area (Å²) in [5, 5.41) is 0. The number of phosphoric acid groups is 1. The standard InChI is InChI=1S/C34H62NO8P/c1-6-8-10-12-13-14-15-16-17-18-19-20-21-23-25-27-34(37)43-32(30-40-33(36)26-24-22-11-9-7-2)31-42-44(38,39)41-29-28-35(3,4)5/h8,10,13-14,16-17,32H,6-7,9,11-12,15,18-31H2,1-5H3/b10-8-,14-13-,17-16-. The molecular weight excluding hydrogens is 581 g/mol. The summed E-state index contributed by atoms with van der Waals surface area (Å²) in [7, 11) is 1.14. The van der Waals surface area contributed by atoms with Gasteiger partial charge in [0.2, 0.25) is 0 Å². The first kappa shape index (κ1) is 42.2. The van der Waals surface area contributed by atoms with Crippen LogP contribution in [0.2, 0.25) is 0 Å². The van der Waals surface area contributed by atoms with Crippen LogP contribution in [0.25, 0.3) is 0 Å². The SMILES string of the molecule is CC/C=C\C/C=C\C/C=C\CCCCCCCC(=O)OC(COC(=O)CCCCCCC)COP(=O)([O-])OCC[N+](C)(C)C. The number of rotatable bonds is 29. The molecule has 0 fully saturated rings. The highest BCUT2D eigenvalue weighted by molar-refractivity contribution is 7.45. The summed E-state index contributed by atoms with van der Waals surface area (Å²) >= 11 is 0. The van der Waals surface area contributed by atoms with Crippen molar-refractivity contribution in [3.8, 4) is 0 Å². The molecule has 0 aliphatic carbocycles. The van der Waals surface area contributed by atoms with Gasteiger partial charge >= 0.3 is 11.9 Å². The van der Waals surface area contributed by atoms with E-state index in [-0.39, 0.29) is 26.1 Å². The zero-order valence-corrected chi connectivity index (χ0v) is 29.2. The maximum Gasteiger partial charge on any atom is 0.306 e. The quantitative estimate of drug-likeness (QED) is 0.0269. The van der Waals surface area contributed by atoms with Gasteiger partial charge < -0.3 is 27.9 Å². The Morgan fingerprint density at radius 3 is 1.93 bits per heavy atom. The summed E-state index contributed by atoms with van der Waals surface area (Å²) in [5.74, 6) is -0.875. The van der Waals surface area contributed by atoms with Gasteiger partial charge in [-0.15, -0.1) is 0 Å². The van der Waals surface area contributed by atoms with E-state index < -0.39 is 32.5 Å². The molecule has 0 amide bonds. The number of likely N-dealkylation sites (N-methyl/N-ethyl adjacent to an activating group) is 1. The van der Waals surface area contributed by atoms with Crippen LogP contribution in [0.5, 0.6) is 0 Å². The topological polar surface area (TPSA) is 111 Å². The van der Waals surface area contributed by atoms with Crippen molar-refractivity contribution in [2.75, 3.05) is 47.5 Å². The first-order chi connectivity index (χ1) is 21.0. The molecule has 0 spiro atoms. The van der Waals surface area contributed by atoms with Gasteiger partial charge in [-0.25, -0.2) is 0 Å². The Hall–Kier alpha value is -1.77. The Morgan fingerprint density at radius 1 is 0.727 bits per heavy atom. The van der Waals surface area contributed by atoms with E-state index in [2.05, 4.69) is 50.3 Å². The van der Waals surface area contributed by atoms with Crippen LogP contribution in [0.1, 0.15) is 117 Å². The summed E-state index contributed by atoms with van der Waals surface area (Å²) < 4.78 is 33.4. The highest BCUT2D eigenvalue weighted by atomic mass is 31.2. The van der Waals surface area contributed by atoms with Gasteiger partial charge in [-0.1, -0.05) is 95.2 Å². The van der Waals surface area contributed by atoms with E-state index in [0.29, 0.717) is 17.4 Å². The lowest BCUT2D eigenvalue weighted by molar-refractivity contribution is -0.870. The average molecular weight is 644 g/mol. The number of carbonyl (C=O) groups excluding carboxylic acids is 2. The summed E-state index contributed by atoms with van der Waals surface area (Å²) in [5.41, 5.74) is 0. The lowest BCUT2D eigenvalue weighted by Crippen LogP contribution is -2.37. The number of esters is 2. The van der Waals surface area contributed by atoms with Crippen LogP contribution in [-0.4, -0.2) is 70.0 Å². The van der Waals surface area contributed by atoms with Crippen molar-refractivity contribution in [2.45, 2.75) is 123 Å². The Kier molecular flexibility index (Phi) is 26.4. The second-order valence-electron chi connectivity index (χ2n) is 12.1. The smallest absolute Gasteiger partial charge is 0.306 e. The molecule has 44 heavy (non-hydrogen) atoms. The number of hydrogen-bond donors (Lipinski definition) is 0. The normalized spacial score (nSPS) is 14.4.